The lowest BCUT2D eigenvalue weighted by Gasteiger charge is -2.33. The molecule has 0 aliphatic carbocycles. The Bertz CT molecular complexity index is 700. The molecule has 0 amide bonds. The second-order valence-electron chi connectivity index (χ2n) is 7.06. The molecule has 0 spiro atoms. The van der Waals surface area contributed by atoms with E-state index in [4.69, 9.17) is 0 Å². The molecule has 2 aromatic rings. The van der Waals surface area contributed by atoms with Crippen molar-refractivity contribution in [3.8, 4) is 0 Å². The Morgan fingerprint density at radius 3 is 2.56 bits per heavy atom. The summed E-state index contributed by atoms with van der Waals surface area (Å²) in [7, 11) is 1.91. The van der Waals surface area contributed by atoms with Gasteiger partial charge < -0.3 is 14.6 Å². The van der Waals surface area contributed by atoms with E-state index in [2.05, 4.69) is 9.88 Å². The van der Waals surface area contributed by atoms with Crippen molar-refractivity contribution in [1.82, 2.24) is 14.5 Å². The van der Waals surface area contributed by atoms with Gasteiger partial charge in [-0.2, -0.15) is 0 Å². The van der Waals surface area contributed by atoms with Crippen LogP contribution in [0, 0.1) is 12.8 Å². The predicted octanol–water partition coefficient (Wildman–Crippen LogP) is 2.75. The number of Topliss-reactive ketones (excluding diaryl/α,β-unsaturated/α-hetero) is 1. The third-order valence-corrected chi connectivity index (χ3v) is 5.23. The SMILES string of the molecule is Cc1ccc(C(=O)CCN2CCC([C@@H](O)c3nccn3C)CC2)cc1. The van der Waals surface area contributed by atoms with Gasteiger partial charge in [0.15, 0.2) is 5.78 Å². The molecule has 134 valence electrons. The Morgan fingerprint density at radius 1 is 1.28 bits per heavy atom. The molecule has 0 unspecified atom stereocenters. The maximum absolute atomic E-state index is 12.3. The van der Waals surface area contributed by atoms with Gasteiger partial charge in [-0.25, -0.2) is 4.98 Å². The number of aliphatic hydroxyl groups excluding tert-OH is 1. The molecule has 1 atom stereocenters. The number of likely N-dealkylation sites (tertiary alicyclic amines) is 1. The lowest BCUT2D eigenvalue weighted by Crippen LogP contribution is -2.37. The standard InChI is InChI=1S/C20H27N3O2/c1-15-3-5-16(6-4-15)18(24)9-13-23-11-7-17(8-12-23)19(25)20-21-10-14-22(20)2/h3-6,10,14,17,19,25H,7-9,11-13H2,1-2H3/t19-/m1/s1. The van der Waals surface area contributed by atoms with Crippen LogP contribution in [0.4, 0.5) is 0 Å². The molecule has 1 aromatic carbocycles. The number of hydrogen-bond acceptors (Lipinski definition) is 4. The molecule has 2 heterocycles. The first kappa shape index (κ1) is 17.8. The quantitative estimate of drug-likeness (QED) is 0.821. The van der Waals surface area contributed by atoms with E-state index in [-0.39, 0.29) is 11.7 Å². The number of aliphatic hydroxyl groups is 1. The number of benzene rings is 1. The number of carbonyl (C=O) groups excluding carboxylic acids is 1. The molecule has 5 nitrogen and oxygen atoms in total. The fraction of sp³-hybridized carbons (Fsp3) is 0.500. The monoisotopic (exact) mass is 341 g/mol. The summed E-state index contributed by atoms with van der Waals surface area (Å²) in [5.74, 6) is 1.19. The number of piperidine rings is 1. The van der Waals surface area contributed by atoms with Gasteiger partial charge in [0.1, 0.15) is 11.9 Å². The third-order valence-electron chi connectivity index (χ3n) is 5.23. The maximum Gasteiger partial charge on any atom is 0.164 e. The average molecular weight is 341 g/mol. The Hall–Kier alpha value is -1.98. The minimum atomic E-state index is -0.503. The number of aromatic nitrogens is 2. The molecule has 5 heteroatoms. The van der Waals surface area contributed by atoms with Crippen LogP contribution in [0.2, 0.25) is 0 Å². The third kappa shape index (κ3) is 4.35. The lowest BCUT2D eigenvalue weighted by molar-refractivity contribution is 0.0503. The van der Waals surface area contributed by atoms with Gasteiger partial charge in [-0.15, -0.1) is 0 Å². The largest absolute Gasteiger partial charge is 0.385 e. The van der Waals surface area contributed by atoms with Crippen LogP contribution in [-0.2, 0) is 7.05 Å². The first-order valence-corrected chi connectivity index (χ1v) is 9.02. The number of hydrogen-bond donors (Lipinski definition) is 1. The molecular formula is C20H27N3O2. The highest BCUT2D eigenvalue weighted by Crippen LogP contribution is 2.29. The van der Waals surface area contributed by atoms with Gasteiger partial charge in [-0.1, -0.05) is 29.8 Å². The van der Waals surface area contributed by atoms with Gasteiger partial charge in [0.25, 0.3) is 0 Å². The highest BCUT2D eigenvalue weighted by Gasteiger charge is 2.28. The zero-order chi connectivity index (χ0) is 17.8. The van der Waals surface area contributed by atoms with Gasteiger partial charge in [0.05, 0.1) is 0 Å². The fourth-order valence-electron chi connectivity index (χ4n) is 3.51. The minimum absolute atomic E-state index is 0.204. The number of carbonyl (C=O) groups is 1. The maximum atomic E-state index is 12.3. The molecule has 0 bridgehead atoms. The van der Waals surface area contributed by atoms with E-state index in [1.807, 2.05) is 49.0 Å². The van der Waals surface area contributed by atoms with Crippen LogP contribution >= 0.6 is 0 Å². The summed E-state index contributed by atoms with van der Waals surface area (Å²) in [5.41, 5.74) is 1.97. The van der Waals surface area contributed by atoms with Gasteiger partial charge >= 0.3 is 0 Å². The van der Waals surface area contributed by atoms with Crippen molar-refractivity contribution >= 4 is 5.78 Å². The smallest absolute Gasteiger partial charge is 0.164 e. The summed E-state index contributed by atoms with van der Waals surface area (Å²) in [5, 5.41) is 10.5. The number of aryl methyl sites for hydroxylation is 2. The fourth-order valence-corrected chi connectivity index (χ4v) is 3.51. The van der Waals surface area contributed by atoms with Crippen LogP contribution in [0.5, 0.6) is 0 Å². The number of imidazole rings is 1. The molecule has 1 aliphatic rings. The van der Waals surface area contributed by atoms with Gasteiger partial charge in [0.2, 0.25) is 0 Å². The molecule has 1 N–H and O–H groups in total. The van der Waals surface area contributed by atoms with Crippen molar-refractivity contribution in [2.24, 2.45) is 13.0 Å². The van der Waals surface area contributed by atoms with E-state index in [0.717, 1.165) is 43.9 Å². The average Bonchev–Trinajstić information content (AvgIpc) is 3.06. The summed E-state index contributed by atoms with van der Waals surface area (Å²) in [6.07, 6.45) is 5.51. The summed E-state index contributed by atoms with van der Waals surface area (Å²) < 4.78 is 1.89. The first-order chi connectivity index (χ1) is 12.0. The molecule has 0 radical (unpaired) electrons. The van der Waals surface area contributed by atoms with E-state index >= 15 is 0 Å². The van der Waals surface area contributed by atoms with Crippen LogP contribution < -0.4 is 0 Å². The Kier molecular flexibility index (Phi) is 5.66. The number of nitrogens with zero attached hydrogens (tertiary/aromatic N) is 3. The van der Waals surface area contributed by atoms with Crippen LogP contribution in [-0.4, -0.2) is 45.0 Å². The summed E-state index contributed by atoms with van der Waals surface area (Å²) in [6, 6.07) is 7.79. The number of ketones is 1. The number of rotatable bonds is 6. The second kappa shape index (κ2) is 7.93. The second-order valence-corrected chi connectivity index (χ2v) is 7.06. The Labute approximate surface area is 149 Å². The van der Waals surface area contributed by atoms with Crippen molar-refractivity contribution in [2.75, 3.05) is 19.6 Å². The van der Waals surface area contributed by atoms with Crippen LogP contribution in [0.3, 0.4) is 0 Å². The predicted molar refractivity (Wildman–Crippen MR) is 97.5 cm³/mol. The normalized spacial score (nSPS) is 17.6. The van der Waals surface area contributed by atoms with E-state index in [9.17, 15) is 9.90 Å². The van der Waals surface area contributed by atoms with Gasteiger partial charge in [-0.3, -0.25) is 4.79 Å². The van der Waals surface area contributed by atoms with Crippen molar-refractivity contribution in [3.63, 3.8) is 0 Å². The Morgan fingerprint density at radius 2 is 1.96 bits per heavy atom. The molecule has 1 saturated heterocycles. The van der Waals surface area contributed by atoms with Gasteiger partial charge in [0, 0.05) is 38.0 Å². The minimum Gasteiger partial charge on any atom is -0.385 e. The molecule has 1 aliphatic heterocycles. The van der Waals surface area contributed by atoms with Crippen LogP contribution in [0.1, 0.15) is 47.1 Å². The highest BCUT2D eigenvalue weighted by atomic mass is 16.3. The highest BCUT2D eigenvalue weighted by molar-refractivity contribution is 5.96. The molecule has 1 fully saturated rings. The Balaban J connectivity index is 1.45. The summed E-state index contributed by atoms with van der Waals surface area (Å²) in [4.78, 5) is 18.9. The van der Waals surface area contributed by atoms with Crippen molar-refractivity contribution in [2.45, 2.75) is 32.3 Å². The molecule has 3 rings (SSSR count). The van der Waals surface area contributed by atoms with E-state index in [1.165, 1.54) is 5.56 Å². The van der Waals surface area contributed by atoms with Crippen LogP contribution in [0.25, 0.3) is 0 Å². The zero-order valence-electron chi connectivity index (χ0n) is 15.1. The van der Waals surface area contributed by atoms with E-state index < -0.39 is 6.10 Å². The van der Waals surface area contributed by atoms with E-state index in [1.54, 1.807) is 6.20 Å². The van der Waals surface area contributed by atoms with Gasteiger partial charge in [-0.05, 0) is 38.8 Å². The summed E-state index contributed by atoms with van der Waals surface area (Å²) >= 11 is 0. The molecule has 25 heavy (non-hydrogen) atoms. The lowest BCUT2D eigenvalue weighted by atomic mass is 9.90. The topological polar surface area (TPSA) is 58.4 Å². The zero-order valence-corrected chi connectivity index (χ0v) is 15.1. The first-order valence-electron chi connectivity index (χ1n) is 9.02. The van der Waals surface area contributed by atoms with Crippen molar-refractivity contribution in [3.05, 3.63) is 53.6 Å². The van der Waals surface area contributed by atoms with E-state index in [0.29, 0.717) is 6.42 Å². The summed E-state index contributed by atoms with van der Waals surface area (Å²) in [6.45, 7) is 4.66. The van der Waals surface area contributed by atoms with Crippen molar-refractivity contribution < 1.29 is 9.90 Å². The van der Waals surface area contributed by atoms with Crippen LogP contribution in [0.15, 0.2) is 36.7 Å². The van der Waals surface area contributed by atoms with Crippen molar-refractivity contribution in [1.29, 1.82) is 0 Å². The molecular weight excluding hydrogens is 314 g/mol. The molecule has 1 aromatic heterocycles. The molecule has 0 saturated carbocycles.